The molecule has 0 amide bonds. The number of hydrogen-bond acceptors (Lipinski definition) is 4. The first-order valence-corrected chi connectivity index (χ1v) is 6.17. The molecule has 1 unspecified atom stereocenters. The molecule has 1 aliphatic rings. The highest BCUT2D eigenvalue weighted by Gasteiger charge is 2.31. The van der Waals surface area contributed by atoms with E-state index in [2.05, 4.69) is 0 Å². The second-order valence-electron chi connectivity index (χ2n) is 3.33. The van der Waals surface area contributed by atoms with Crippen LogP contribution in [0.4, 0.5) is 0 Å². The van der Waals surface area contributed by atoms with Gasteiger partial charge in [-0.1, -0.05) is 0 Å². The second kappa shape index (κ2) is 4.07. The van der Waals surface area contributed by atoms with Gasteiger partial charge >= 0.3 is 0 Å². The van der Waals surface area contributed by atoms with Crippen molar-refractivity contribution in [3.8, 4) is 6.07 Å². The minimum atomic E-state index is -3.23. The number of hydrogen-bond donors (Lipinski definition) is 0. The Balaban J connectivity index is 2.73. The van der Waals surface area contributed by atoms with Gasteiger partial charge in [-0.25, -0.2) is 8.42 Å². The minimum absolute atomic E-state index is 0.0475. The van der Waals surface area contributed by atoms with Crippen LogP contribution in [0.15, 0.2) is 0 Å². The minimum Gasteiger partial charge on any atom is -0.381 e. The topological polar surface area (TPSA) is 67.2 Å². The molecule has 4 nitrogen and oxygen atoms in total. The van der Waals surface area contributed by atoms with E-state index in [0.29, 0.717) is 26.1 Å². The van der Waals surface area contributed by atoms with Gasteiger partial charge in [0.1, 0.15) is 0 Å². The quantitative estimate of drug-likeness (QED) is 0.649. The molecule has 0 spiro atoms. The zero-order valence-electron chi connectivity index (χ0n) is 7.56. The average Bonchev–Trinajstić information content (AvgIpc) is 2.05. The van der Waals surface area contributed by atoms with Crippen LogP contribution in [0, 0.1) is 17.2 Å². The van der Waals surface area contributed by atoms with Crippen molar-refractivity contribution in [2.75, 3.05) is 19.5 Å². The van der Waals surface area contributed by atoms with E-state index >= 15 is 0 Å². The van der Waals surface area contributed by atoms with Crippen LogP contribution in [-0.4, -0.2) is 33.1 Å². The van der Waals surface area contributed by atoms with Gasteiger partial charge in [-0.15, -0.1) is 0 Å². The summed E-state index contributed by atoms with van der Waals surface area (Å²) in [4.78, 5) is 0. The van der Waals surface area contributed by atoms with Crippen molar-refractivity contribution in [1.29, 1.82) is 5.26 Å². The van der Waals surface area contributed by atoms with E-state index in [1.54, 1.807) is 0 Å². The molecule has 1 atom stereocenters. The largest absolute Gasteiger partial charge is 0.381 e. The van der Waals surface area contributed by atoms with E-state index in [1.807, 2.05) is 6.07 Å². The highest BCUT2D eigenvalue weighted by atomic mass is 32.2. The molecule has 0 aromatic carbocycles. The Labute approximate surface area is 78.4 Å². The molecule has 1 heterocycles. The maximum Gasteiger partial charge on any atom is 0.163 e. The molecule has 0 aliphatic carbocycles. The first-order chi connectivity index (χ1) is 6.05. The molecule has 1 fully saturated rings. The third-order valence-electron chi connectivity index (χ3n) is 2.28. The summed E-state index contributed by atoms with van der Waals surface area (Å²) >= 11 is 0. The van der Waals surface area contributed by atoms with Crippen molar-refractivity contribution in [2.24, 2.45) is 5.92 Å². The van der Waals surface area contributed by atoms with Gasteiger partial charge in [0.25, 0.3) is 0 Å². The number of nitriles is 1. The fraction of sp³-hybridized carbons (Fsp3) is 0.875. The van der Waals surface area contributed by atoms with Crippen LogP contribution in [0.2, 0.25) is 0 Å². The summed E-state index contributed by atoms with van der Waals surface area (Å²) in [7, 11) is -3.23. The Morgan fingerprint density at radius 2 is 2.00 bits per heavy atom. The lowest BCUT2D eigenvalue weighted by Gasteiger charge is -2.24. The lowest BCUT2D eigenvalue weighted by atomic mass is 9.97. The van der Waals surface area contributed by atoms with Gasteiger partial charge in [0, 0.05) is 19.5 Å². The molecule has 1 aliphatic heterocycles. The number of ether oxygens (including phenoxy) is 1. The summed E-state index contributed by atoms with van der Waals surface area (Å²) < 4.78 is 27.5. The van der Waals surface area contributed by atoms with Gasteiger partial charge in [-0.05, 0) is 18.8 Å². The van der Waals surface area contributed by atoms with Crippen LogP contribution < -0.4 is 0 Å². The number of sulfone groups is 1. The molecule has 0 aromatic rings. The van der Waals surface area contributed by atoms with Crippen molar-refractivity contribution < 1.29 is 13.2 Å². The average molecular weight is 203 g/mol. The standard InChI is InChI=1S/C8H13NO3S/c1-13(10,11)8(6-9)7-2-4-12-5-3-7/h7-8H,2-5H2,1H3. The van der Waals surface area contributed by atoms with E-state index in [4.69, 9.17) is 10.00 Å². The first kappa shape index (κ1) is 10.5. The summed E-state index contributed by atoms with van der Waals surface area (Å²) in [6, 6.07) is 1.87. The molecule has 0 radical (unpaired) electrons. The molecule has 1 saturated heterocycles. The highest BCUT2D eigenvalue weighted by Crippen LogP contribution is 2.22. The van der Waals surface area contributed by atoms with Gasteiger partial charge in [0.05, 0.1) is 6.07 Å². The Bertz CT molecular complexity index is 298. The Morgan fingerprint density at radius 3 is 2.38 bits per heavy atom. The Morgan fingerprint density at radius 1 is 1.46 bits per heavy atom. The van der Waals surface area contributed by atoms with E-state index in [-0.39, 0.29) is 5.92 Å². The van der Waals surface area contributed by atoms with Crippen molar-refractivity contribution in [1.82, 2.24) is 0 Å². The van der Waals surface area contributed by atoms with Crippen molar-refractivity contribution >= 4 is 9.84 Å². The van der Waals surface area contributed by atoms with Crippen LogP contribution in [0.5, 0.6) is 0 Å². The lowest BCUT2D eigenvalue weighted by molar-refractivity contribution is 0.0685. The maximum atomic E-state index is 11.2. The summed E-state index contributed by atoms with van der Waals surface area (Å²) in [5, 5.41) is 7.89. The summed E-state index contributed by atoms with van der Waals surface area (Å²) in [6.45, 7) is 1.14. The monoisotopic (exact) mass is 203 g/mol. The third kappa shape index (κ3) is 2.68. The van der Waals surface area contributed by atoms with E-state index in [0.717, 1.165) is 6.26 Å². The number of rotatable bonds is 2. The van der Waals surface area contributed by atoms with E-state index in [9.17, 15) is 8.42 Å². The van der Waals surface area contributed by atoms with Gasteiger partial charge < -0.3 is 4.74 Å². The highest BCUT2D eigenvalue weighted by molar-refractivity contribution is 7.91. The molecule has 0 saturated carbocycles. The van der Waals surface area contributed by atoms with Gasteiger partial charge in [-0.3, -0.25) is 0 Å². The molecule has 5 heteroatoms. The number of nitrogens with zero attached hydrogens (tertiary/aromatic N) is 1. The van der Waals surface area contributed by atoms with E-state index < -0.39 is 15.1 Å². The normalized spacial score (nSPS) is 22.2. The van der Waals surface area contributed by atoms with Crippen molar-refractivity contribution in [3.05, 3.63) is 0 Å². The van der Waals surface area contributed by atoms with Crippen LogP contribution >= 0.6 is 0 Å². The Kier molecular flexibility index (Phi) is 3.28. The first-order valence-electron chi connectivity index (χ1n) is 4.22. The van der Waals surface area contributed by atoms with Crippen LogP contribution in [0.1, 0.15) is 12.8 Å². The lowest BCUT2D eigenvalue weighted by Crippen LogP contribution is -2.32. The molecular formula is C8H13NO3S. The maximum absolute atomic E-state index is 11.2. The molecular weight excluding hydrogens is 190 g/mol. The predicted octanol–water partition coefficient (Wildman–Crippen LogP) is 0.350. The predicted molar refractivity (Wildman–Crippen MR) is 47.8 cm³/mol. The molecule has 1 rings (SSSR count). The zero-order chi connectivity index (χ0) is 9.90. The molecule has 13 heavy (non-hydrogen) atoms. The fourth-order valence-electron chi connectivity index (χ4n) is 1.57. The third-order valence-corrected chi connectivity index (χ3v) is 3.70. The van der Waals surface area contributed by atoms with Gasteiger partial charge in [-0.2, -0.15) is 5.26 Å². The van der Waals surface area contributed by atoms with Crippen LogP contribution in [0.3, 0.4) is 0 Å². The summed E-state index contributed by atoms with van der Waals surface area (Å²) in [5.41, 5.74) is 0. The molecule has 0 aromatic heterocycles. The summed E-state index contributed by atoms with van der Waals surface area (Å²) in [5.74, 6) is -0.0475. The van der Waals surface area contributed by atoms with Crippen molar-refractivity contribution in [3.63, 3.8) is 0 Å². The molecule has 0 bridgehead atoms. The van der Waals surface area contributed by atoms with Crippen LogP contribution in [-0.2, 0) is 14.6 Å². The zero-order valence-corrected chi connectivity index (χ0v) is 8.38. The second-order valence-corrected chi connectivity index (χ2v) is 5.50. The smallest absolute Gasteiger partial charge is 0.163 e. The van der Waals surface area contributed by atoms with Gasteiger partial charge in [0.15, 0.2) is 15.1 Å². The molecule has 0 N–H and O–H groups in total. The van der Waals surface area contributed by atoms with E-state index in [1.165, 1.54) is 0 Å². The fourth-order valence-corrected chi connectivity index (χ4v) is 2.73. The van der Waals surface area contributed by atoms with Crippen molar-refractivity contribution in [2.45, 2.75) is 18.1 Å². The summed E-state index contributed by atoms with van der Waals surface area (Å²) in [6.07, 6.45) is 2.47. The SMILES string of the molecule is CS(=O)(=O)C(C#N)C1CCOCC1. The molecule has 74 valence electrons. The Hall–Kier alpha value is -0.600. The van der Waals surface area contributed by atoms with Gasteiger partial charge in [0.2, 0.25) is 0 Å². The van der Waals surface area contributed by atoms with Crippen LogP contribution in [0.25, 0.3) is 0 Å².